The van der Waals surface area contributed by atoms with Crippen LogP contribution in [0.25, 0.3) is 0 Å². The van der Waals surface area contributed by atoms with Crippen LogP contribution in [0.5, 0.6) is 0 Å². The average molecular weight is 311 g/mol. The Kier molecular flexibility index (Phi) is 6.07. The molecule has 0 radical (unpaired) electrons. The molecule has 0 aromatic heterocycles. The predicted molar refractivity (Wildman–Crippen MR) is 79.8 cm³/mol. The van der Waals surface area contributed by atoms with Gasteiger partial charge in [-0.2, -0.15) is 0 Å². The topological polar surface area (TPSA) is 58.6 Å². The van der Waals surface area contributed by atoms with Gasteiger partial charge in [-0.1, -0.05) is 13.3 Å². The van der Waals surface area contributed by atoms with Gasteiger partial charge in [-0.15, -0.1) is 0 Å². The lowest BCUT2D eigenvalue weighted by Gasteiger charge is -2.45. The van der Waals surface area contributed by atoms with Crippen LogP contribution in [0.15, 0.2) is 0 Å². The zero-order chi connectivity index (χ0) is 14.8. The quantitative estimate of drug-likeness (QED) is 0.530. The van der Waals surface area contributed by atoms with E-state index in [0.717, 1.165) is 12.5 Å². The Labute approximate surface area is 114 Å². The van der Waals surface area contributed by atoms with Crippen molar-refractivity contribution in [2.45, 2.75) is 71.3 Å². The SMILES string of the molecule is CCC[Si](C)(C)OP(=O)([O-])C(C)(C)O[Si](C)(C)C. The third-order valence-electron chi connectivity index (χ3n) is 2.43. The molecule has 4 nitrogen and oxygen atoms in total. The molecule has 0 N–H and O–H groups in total. The third kappa shape index (κ3) is 6.13. The first-order chi connectivity index (χ1) is 7.72. The highest BCUT2D eigenvalue weighted by atomic mass is 31.2. The second-order valence-corrected chi connectivity index (χ2v) is 18.0. The first-order valence-electron chi connectivity index (χ1n) is 6.44. The molecule has 0 aliphatic rings. The lowest BCUT2D eigenvalue weighted by atomic mass is 10.5. The second-order valence-electron chi connectivity index (χ2n) is 6.76. The van der Waals surface area contributed by atoms with Crippen LogP contribution < -0.4 is 4.89 Å². The van der Waals surface area contributed by atoms with Crippen LogP contribution in [-0.2, 0) is 13.2 Å². The Morgan fingerprint density at radius 1 is 1.17 bits per heavy atom. The molecule has 1 atom stereocenters. The fourth-order valence-corrected chi connectivity index (χ4v) is 9.71. The second kappa shape index (κ2) is 5.89. The molecular formula is C11H28O4PSi2-. The molecule has 0 aliphatic heterocycles. The minimum absolute atomic E-state index is 0.836. The molecule has 0 aromatic rings. The summed E-state index contributed by atoms with van der Waals surface area (Å²) in [5, 5.41) is -1.24. The van der Waals surface area contributed by atoms with Crippen molar-refractivity contribution < 1.29 is 18.1 Å². The zero-order valence-corrected chi connectivity index (χ0v) is 15.9. The average Bonchev–Trinajstić information content (AvgIpc) is 1.94. The summed E-state index contributed by atoms with van der Waals surface area (Å²) < 4.78 is 23.6. The molecule has 18 heavy (non-hydrogen) atoms. The monoisotopic (exact) mass is 311 g/mol. The van der Waals surface area contributed by atoms with Crippen LogP contribution in [0, 0.1) is 0 Å². The first kappa shape index (κ1) is 18.5. The maximum absolute atomic E-state index is 12.4. The van der Waals surface area contributed by atoms with Gasteiger partial charge in [0.1, 0.15) is 5.34 Å². The molecule has 0 saturated heterocycles. The van der Waals surface area contributed by atoms with Gasteiger partial charge >= 0.3 is 0 Å². The summed E-state index contributed by atoms with van der Waals surface area (Å²) in [6.45, 7) is 15.0. The number of hydrogen-bond donors (Lipinski definition) is 0. The van der Waals surface area contributed by atoms with E-state index in [2.05, 4.69) is 0 Å². The van der Waals surface area contributed by atoms with Crippen molar-refractivity contribution in [2.75, 3.05) is 0 Å². The summed E-state index contributed by atoms with van der Waals surface area (Å²) in [6.07, 6.45) is 0.939. The molecule has 0 rings (SSSR count). The van der Waals surface area contributed by atoms with Crippen molar-refractivity contribution in [1.29, 1.82) is 0 Å². The van der Waals surface area contributed by atoms with Gasteiger partial charge in [0.15, 0.2) is 24.2 Å². The summed E-state index contributed by atoms with van der Waals surface area (Å²) in [7, 11) is -8.12. The van der Waals surface area contributed by atoms with Crippen molar-refractivity contribution in [3.05, 3.63) is 0 Å². The Morgan fingerprint density at radius 2 is 1.61 bits per heavy atom. The van der Waals surface area contributed by atoms with E-state index in [0.29, 0.717) is 0 Å². The molecule has 110 valence electrons. The van der Waals surface area contributed by atoms with Crippen molar-refractivity contribution >= 4 is 24.2 Å². The predicted octanol–water partition coefficient (Wildman–Crippen LogP) is 3.76. The molecule has 0 aliphatic carbocycles. The fourth-order valence-electron chi connectivity index (χ4n) is 1.89. The molecule has 0 amide bonds. The Morgan fingerprint density at radius 3 is 1.94 bits per heavy atom. The molecule has 1 unspecified atom stereocenters. The molecule has 0 bridgehead atoms. The lowest BCUT2D eigenvalue weighted by molar-refractivity contribution is -0.205. The summed E-state index contributed by atoms with van der Waals surface area (Å²) >= 11 is 0. The minimum atomic E-state index is -4.02. The van der Waals surface area contributed by atoms with Crippen molar-refractivity contribution in [3.8, 4) is 0 Å². The first-order valence-corrected chi connectivity index (χ1v) is 14.5. The molecule has 7 heteroatoms. The van der Waals surface area contributed by atoms with Gasteiger partial charge in [0.05, 0.1) is 0 Å². The maximum atomic E-state index is 12.4. The third-order valence-corrected chi connectivity index (χ3v) is 9.78. The summed E-state index contributed by atoms with van der Waals surface area (Å²) in [5.41, 5.74) is 0. The Bertz CT molecular complexity index is 323. The van der Waals surface area contributed by atoms with Crippen LogP contribution in [0.3, 0.4) is 0 Å². The van der Waals surface area contributed by atoms with Gasteiger partial charge in [-0.3, -0.25) is 0 Å². The molecule has 0 aromatic carbocycles. The Hall–Kier alpha value is 0.544. The highest BCUT2D eigenvalue weighted by molar-refractivity contribution is 7.54. The maximum Gasteiger partial charge on any atom is 0.194 e. The van der Waals surface area contributed by atoms with Crippen LogP contribution in [-0.4, -0.2) is 22.0 Å². The van der Waals surface area contributed by atoms with E-state index in [4.69, 9.17) is 8.64 Å². The largest absolute Gasteiger partial charge is 0.777 e. The highest BCUT2D eigenvalue weighted by Gasteiger charge is 2.40. The van der Waals surface area contributed by atoms with Crippen LogP contribution in [0.4, 0.5) is 0 Å². The van der Waals surface area contributed by atoms with Crippen molar-refractivity contribution in [3.63, 3.8) is 0 Å². The van der Waals surface area contributed by atoms with Crippen LogP contribution in [0.2, 0.25) is 38.8 Å². The van der Waals surface area contributed by atoms with E-state index in [1.54, 1.807) is 13.8 Å². The van der Waals surface area contributed by atoms with Gasteiger partial charge in [-0.05, 0) is 52.6 Å². The summed E-state index contributed by atoms with van der Waals surface area (Å²) in [5.74, 6) is 0. The normalized spacial score (nSPS) is 17.6. The van der Waals surface area contributed by atoms with E-state index < -0.39 is 29.6 Å². The molecule has 0 spiro atoms. The zero-order valence-electron chi connectivity index (χ0n) is 13.0. The van der Waals surface area contributed by atoms with E-state index in [9.17, 15) is 9.46 Å². The van der Waals surface area contributed by atoms with Crippen molar-refractivity contribution in [1.82, 2.24) is 0 Å². The van der Waals surface area contributed by atoms with Gasteiger partial charge in [0.25, 0.3) is 0 Å². The van der Waals surface area contributed by atoms with Gasteiger partial charge in [-0.25, -0.2) is 0 Å². The molecule has 0 fully saturated rings. The van der Waals surface area contributed by atoms with E-state index in [1.165, 1.54) is 0 Å². The number of hydrogen-bond acceptors (Lipinski definition) is 4. The number of rotatable bonds is 7. The standard InChI is InChI=1S/C11H29O4PSi2/c1-9-10-18(7,8)15-16(12,13)11(2,3)14-17(4,5)6/h9-10H2,1-8H3,(H,12,13)/p-1. The van der Waals surface area contributed by atoms with Crippen LogP contribution in [0.1, 0.15) is 27.2 Å². The van der Waals surface area contributed by atoms with Crippen LogP contribution >= 0.6 is 7.60 Å². The fraction of sp³-hybridized carbons (Fsp3) is 1.00. The molecule has 0 saturated carbocycles. The smallest absolute Gasteiger partial charge is 0.194 e. The van der Waals surface area contributed by atoms with Crippen molar-refractivity contribution in [2.24, 2.45) is 0 Å². The minimum Gasteiger partial charge on any atom is -0.777 e. The van der Waals surface area contributed by atoms with Gasteiger partial charge in [0, 0.05) is 0 Å². The van der Waals surface area contributed by atoms with Gasteiger partial charge in [0.2, 0.25) is 0 Å². The van der Waals surface area contributed by atoms with E-state index in [-0.39, 0.29) is 0 Å². The summed E-state index contributed by atoms with van der Waals surface area (Å²) in [6, 6.07) is 0.836. The lowest BCUT2D eigenvalue weighted by Crippen LogP contribution is -2.44. The highest BCUT2D eigenvalue weighted by Crippen LogP contribution is 2.55. The molecular weight excluding hydrogens is 283 g/mol. The Balaban J connectivity index is 4.97. The summed E-state index contributed by atoms with van der Waals surface area (Å²) in [4.78, 5) is 12.4. The van der Waals surface area contributed by atoms with Gasteiger partial charge < -0.3 is 18.1 Å². The van der Waals surface area contributed by atoms with E-state index in [1.807, 2.05) is 39.7 Å². The molecule has 0 heterocycles. The van der Waals surface area contributed by atoms with E-state index >= 15 is 0 Å².